The average molecular weight is 450 g/mol. The molecule has 0 fully saturated rings. The van der Waals surface area contributed by atoms with Gasteiger partial charge in [0, 0.05) is 5.70 Å². The number of ether oxygens (including phenoxy) is 3. The third-order valence-corrected chi connectivity index (χ3v) is 5.78. The van der Waals surface area contributed by atoms with Gasteiger partial charge in [0.05, 0.1) is 43.0 Å². The second kappa shape index (κ2) is 9.57. The van der Waals surface area contributed by atoms with E-state index < -0.39 is 6.04 Å². The summed E-state index contributed by atoms with van der Waals surface area (Å²) in [6, 6.07) is 13.3. The quantitative estimate of drug-likeness (QED) is 0.469. The van der Waals surface area contributed by atoms with Gasteiger partial charge in [-0.3, -0.25) is 4.57 Å². The number of allylic oxidation sites excluding steroid dienone is 1. The van der Waals surface area contributed by atoms with Gasteiger partial charge >= 0.3 is 5.97 Å². The summed E-state index contributed by atoms with van der Waals surface area (Å²) in [7, 11) is 1.63. The van der Waals surface area contributed by atoms with Crippen LogP contribution in [0.5, 0.6) is 11.5 Å². The maximum absolute atomic E-state index is 13.1. The number of methoxy groups -OCH3 is 1. The second-order valence-electron chi connectivity index (χ2n) is 8.52. The Balaban J connectivity index is 1.83. The molecule has 0 aliphatic carbocycles. The monoisotopic (exact) mass is 449 g/mol. The predicted molar refractivity (Wildman–Crippen MR) is 129 cm³/mol. The van der Waals surface area contributed by atoms with Crippen LogP contribution in [0.2, 0.25) is 0 Å². The number of fused-ring (bicyclic) bond motifs is 3. The Labute approximate surface area is 194 Å². The number of carbonyl (C=O) groups is 1. The van der Waals surface area contributed by atoms with Crippen molar-refractivity contribution in [1.82, 2.24) is 9.55 Å². The highest BCUT2D eigenvalue weighted by Crippen LogP contribution is 2.41. The van der Waals surface area contributed by atoms with E-state index in [1.165, 1.54) is 0 Å². The smallest absolute Gasteiger partial charge is 0.338 e. The van der Waals surface area contributed by atoms with Crippen LogP contribution in [0.1, 0.15) is 45.7 Å². The van der Waals surface area contributed by atoms with E-state index >= 15 is 0 Å². The topological polar surface area (TPSA) is 74.6 Å². The lowest BCUT2D eigenvalue weighted by atomic mass is 9.94. The van der Waals surface area contributed by atoms with Crippen LogP contribution in [0.3, 0.4) is 0 Å². The van der Waals surface area contributed by atoms with Crippen molar-refractivity contribution in [1.29, 1.82) is 0 Å². The average Bonchev–Trinajstić information content (AvgIpc) is 3.16. The third kappa shape index (κ3) is 4.40. The Kier molecular flexibility index (Phi) is 6.58. The number of para-hydroxylation sites is 2. The molecule has 0 spiro atoms. The Bertz CT molecular complexity index is 1200. The van der Waals surface area contributed by atoms with E-state index in [1.54, 1.807) is 7.11 Å². The molecule has 1 aromatic heterocycles. The van der Waals surface area contributed by atoms with Crippen molar-refractivity contribution in [2.24, 2.45) is 5.92 Å². The molecule has 33 heavy (non-hydrogen) atoms. The van der Waals surface area contributed by atoms with Crippen LogP contribution in [0.15, 0.2) is 53.7 Å². The lowest BCUT2D eigenvalue weighted by Gasteiger charge is -2.30. The minimum atomic E-state index is -0.425. The number of imidazole rings is 1. The largest absolute Gasteiger partial charge is 0.493 e. The number of esters is 1. The zero-order valence-corrected chi connectivity index (χ0v) is 19.8. The van der Waals surface area contributed by atoms with Gasteiger partial charge in [-0.2, -0.15) is 0 Å². The standard InChI is InChI=1S/C26H31N3O4/c1-6-32-25(30)23-17(4)27-26-28-19-9-7-8-10-20(19)29(26)24(23)18-11-12-21(22(15-18)31-5)33-14-13-16(2)3/h7-12,15-16,24H,6,13-14H2,1-5H3,(H,27,28). The summed E-state index contributed by atoms with van der Waals surface area (Å²) in [5, 5.41) is 3.29. The molecule has 7 nitrogen and oxygen atoms in total. The maximum Gasteiger partial charge on any atom is 0.338 e. The Hall–Kier alpha value is -3.48. The first-order valence-corrected chi connectivity index (χ1v) is 11.4. The molecule has 0 radical (unpaired) electrons. The van der Waals surface area contributed by atoms with E-state index in [4.69, 9.17) is 19.2 Å². The summed E-state index contributed by atoms with van der Waals surface area (Å²) >= 11 is 0. The number of nitrogens with one attached hydrogen (secondary N) is 1. The normalized spacial score (nSPS) is 15.4. The van der Waals surface area contributed by atoms with Crippen molar-refractivity contribution >= 4 is 23.0 Å². The predicted octanol–water partition coefficient (Wildman–Crippen LogP) is 5.32. The van der Waals surface area contributed by atoms with Gasteiger partial charge in [0.2, 0.25) is 5.95 Å². The molecular formula is C26H31N3O4. The Morgan fingerprint density at radius 1 is 1.18 bits per heavy atom. The van der Waals surface area contributed by atoms with Gasteiger partial charge in [0.1, 0.15) is 0 Å². The molecule has 0 saturated carbocycles. The van der Waals surface area contributed by atoms with Gasteiger partial charge in [-0.1, -0.05) is 32.0 Å². The first-order chi connectivity index (χ1) is 15.9. The first-order valence-electron chi connectivity index (χ1n) is 11.4. The molecule has 0 amide bonds. The molecule has 174 valence electrons. The van der Waals surface area contributed by atoms with Crippen LogP contribution in [0.25, 0.3) is 11.0 Å². The first kappa shape index (κ1) is 22.7. The van der Waals surface area contributed by atoms with Gasteiger partial charge < -0.3 is 19.5 Å². The number of nitrogens with zero attached hydrogens (tertiary/aromatic N) is 2. The molecule has 7 heteroatoms. The number of carbonyl (C=O) groups excluding carboxylic acids is 1. The van der Waals surface area contributed by atoms with E-state index in [9.17, 15) is 4.79 Å². The number of hydrogen-bond acceptors (Lipinski definition) is 6. The molecule has 0 bridgehead atoms. The fourth-order valence-corrected chi connectivity index (χ4v) is 4.13. The number of rotatable bonds is 8. The lowest BCUT2D eigenvalue weighted by molar-refractivity contribution is -0.139. The fourth-order valence-electron chi connectivity index (χ4n) is 4.13. The zero-order valence-electron chi connectivity index (χ0n) is 19.8. The van der Waals surface area contributed by atoms with Crippen molar-refractivity contribution in [3.05, 3.63) is 59.3 Å². The van der Waals surface area contributed by atoms with Gasteiger partial charge in [-0.25, -0.2) is 9.78 Å². The van der Waals surface area contributed by atoms with Crippen LogP contribution in [-0.2, 0) is 9.53 Å². The van der Waals surface area contributed by atoms with Crippen LogP contribution >= 0.6 is 0 Å². The fraction of sp³-hybridized carbons (Fsp3) is 0.385. The molecule has 1 aliphatic rings. The number of hydrogen-bond donors (Lipinski definition) is 1. The van der Waals surface area contributed by atoms with Gasteiger partial charge in [-0.05, 0) is 56.0 Å². The van der Waals surface area contributed by atoms with Gasteiger partial charge in [0.15, 0.2) is 11.5 Å². The van der Waals surface area contributed by atoms with E-state index in [1.807, 2.05) is 60.9 Å². The number of benzene rings is 2. The van der Waals surface area contributed by atoms with Crippen LogP contribution in [0, 0.1) is 5.92 Å². The molecule has 3 aromatic rings. The molecule has 2 heterocycles. The molecule has 0 saturated heterocycles. The zero-order chi connectivity index (χ0) is 23.5. The highest BCUT2D eigenvalue weighted by Gasteiger charge is 2.35. The van der Waals surface area contributed by atoms with Crippen molar-refractivity contribution in [3.63, 3.8) is 0 Å². The highest BCUT2D eigenvalue weighted by atomic mass is 16.5. The summed E-state index contributed by atoms with van der Waals surface area (Å²) in [5.41, 5.74) is 3.93. The summed E-state index contributed by atoms with van der Waals surface area (Å²) in [4.78, 5) is 17.8. The number of anilines is 1. The van der Waals surface area contributed by atoms with E-state index in [0.717, 1.165) is 28.7 Å². The van der Waals surface area contributed by atoms with E-state index in [0.29, 0.717) is 42.2 Å². The Morgan fingerprint density at radius 3 is 2.70 bits per heavy atom. The maximum atomic E-state index is 13.1. The van der Waals surface area contributed by atoms with E-state index in [2.05, 4.69) is 19.2 Å². The second-order valence-corrected chi connectivity index (χ2v) is 8.52. The van der Waals surface area contributed by atoms with Crippen molar-refractivity contribution in [2.75, 3.05) is 25.6 Å². The lowest BCUT2D eigenvalue weighted by Crippen LogP contribution is -2.29. The van der Waals surface area contributed by atoms with Crippen LogP contribution in [0.4, 0.5) is 5.95 Å². The molecule has 1 atom stereocenters. The molecule has 1 unspecified atom stereocenters. The van der Waals surface area contributed by atoms with Crippen molar-refractivity contribution < 1.29 is 19.0 Å². The van der Waals surface area contributed by atoms with Crippen molar-refractivity contribution in [3.8, 4) is 11.5 Å². The van der Waals surface area contributed by atoms with Gasteiger partial charge in [0.25, 0.3) is 0 Å². The summed E-state index contributed by atoms with van der Waals surface area (Å²) in [6.07, 6.45) is 0.957. The van der Waals surface area contributed by atoms with E-state index in [-0.39, 0.29) is 5.97 Å². The summed E-state index contributed by atoms with van der Waals surface area (Å²) in [6.45, 7) is 8.93. The summed E-state index contributed by atoms with van der Waals surface area (Å²) in [5.74, 6) is 2.19. The minimum absolute atomic E-state index is 0.297. The Morgan fingerprint density at radius 2 is 1.97 bits per heavy atom. The summed E-state index contributed by atoms with van der Waals surface area (Å²) < 4.78 is 19.1. The van der Waals surface area contributed by atoms with Crippen LogP contribution < -0.4 is 14.8 Å². The molecule has 4 rings (SSSR count). The highest BCUT2D eigenvalue weighted by molar-refractivity contribution is 5.94. The van der Waals surface area contributed by atoms with Crippen molar-refractivity contribution in [2.45, 2.75) is 40.2 Å². The SMILES string of the molecule is CCOC(=O)C1=C(C)Nc2nc3ccccc3n2C1c1ccc(OCCC(C)C)c(OC)c1. The third-order valence-electron chi connectivity index (χ3n) is 5.78. The van der Waals surface area contributed by atoms with Gasteiger partial charge in [-0.15, -0.1) is 0 Å². The number of aromatic nitrogens is 2. The van der Waals surface area contributed by atoms with Crippen LogP contribution in [-0.4, -0.2) is 35.8 Å². The molecule has 1 N–H and O–H groups in total. The molecule has 2 aromatic carbocycles. The molecule has 1 aliphatic heterocycles. The molecular weight excluding hydrogens is 418 g/mol. The minimum Gasteiger partial charge on any atom is -0.493 e.